The first-order valence-corrected chi connectivity index (χ1v) is 59.2. The summed E-state index contributed by atoms with van der Waals surface area (Å²) in [6.07, 6.45) is 19.4. The highest BCUT2D eigenvalue weighted by Crippen LogP contribution is 2.44. The number of rotatable bonds is 26. The van der Waals surface area contributed by atoms with Gasteiger partial charge in [0.25, 0.3) is 10.1 Å². The van der Waals surface area contributed by atoms with Crippen LogP contribution in [0.3, 0.4) is 0 Å². The molecule has 774 valence electrons. The predicted octanol–water partition coefficient (Wildman–Crippen LogP) is 21.6. The van der Waals surface area contributed by atoms with Gasteiger partial charge in [0.1, 0.15) is 5.60 Å². The number of hydrogen-bond donors (Lipinski definition) is 2. The third-order valence-electron chi connectivity index (χ3n) is 26.3. The first-order chi connectivity index (χ1) is 68.9. The number of sulfone groups is 6. The first-order valence-electron chi connectivity index (χ1n) is 48.5. The quantitative estimate of drug-likeness (QED) is 0.0220. The molecule has 4 unspecified atom stereocenters. The minimum absolute atomic E-state index is 0. The largest absolute Gasteiger partial charge is 0.466 e. The summed E-state index contributed by atoms with van der Waals surface area (Å²) in [5.74, 6) is -0.126. The van der Waals surface area contributed by atoms with Gasteiger partial charge in [-0.25, -0.2) is 55.3 Å². The normalized spacial score (nSPS) is 17.0. The molecule has 12 aromatic rings. The van der Waals surface area contributed by atoms with Crippen molar-refractivity contribution < 1.29 is 102 Å². The number of fused-ring (bicyclic) bond motifs is 6. The molecule has 146 heavy (non-hydrogen) atoms. The van der Waals surface area contributed by atoms with Crippen LogP contribution in [0.2, 0.25) is 0 Å². The Morgan fingerprint density at radius 2 is 0.664 bits per heavy atom. The molecular weight excluding hydrogens is 1990 g/mol. The molecule has 0 fully saturated rings. The van der Waals surface area contributed by atoms with Crippen molar-refractivity contribution in [2.45, 2.75) is 259 Å². The third kappa shape index (κ3) is 28.7. The van der Waals surface area contributed by atoms with Crippen molar-refractivity contribution in [2.75, 3.05) is 39.2 Å². The summed E-state index contributed by atoms with van der Waals surface area (Å²) in [5.41, 5.74) is 16.8. The summed E-state index contributed by atoms with van der Waals surface area (Å²) in [6, 6.07) is 81.4. The number of carbonyl (C=O) groups is 4. The van der Waals surface area contributed by atoms with Gasteiger partial charge in [-0.3, -0.25) is 18.6 Å². The van der Waals surface area contributed by atoms with E-state index in [0.29, 0.717) is 99.8 Å². The van der Waals surface area contributed by atoms with Gasteiger partial charge in [-0.15, -0.1) is 0 Å². The SMILES string of the molecule is C.C.CCOC(=O)/C=C1\CCCc2cc(S(=O)(=O)c3ccccc3)ccc21.CCOC(=O)CC1(O)CCCc2cc(S(=O)(=O)c3ccccc3)ccc21.CCOC(=O)CC1CCCc2cc(S(=O)(=O)c3ccccc3)ccc21.CS(=O)(=O)OCCC1CCCc2cc(S(=O)(=O)c3ccccc3)ccc21.NCCC1CCCc2cc(S(=O)(=O)c3ccccc3)ccc21.O=C1CCCc2cc(S(=O)(=O)c3ccccc3)ccc21. The van der Waals surface area contributed by atoms with Crippen LogP contribution in [-0.4, -0.2) is 127 Å². The van der Waals surface area contributed by atoms with Crippen molar-refractivity contribution >= 4 is 98.4 Å². The van der Waals surface area contributed by atoms with E-state index in [1.54, 1.807) is 269 Å². The van der Waals surface area contributed by atoms with Crippen LogP contribution in [0.25, 0.3) is 5.57 Å². The number of aryl methyl sites for hydroxylation is 6. The van der Waals surface area contributed by atoms with Crippen LogP contribution < -0.4 is 5.73 Å². The maximum Gasteiger partial charge on any atom is 0.331 e. The molecule has 4 atom stereocenters. The van der Waals surface area contributed by atoms with Crippen LogP contribution in [-0.2, 0) is 146 Å². The van der Waals surface area contributed by atoms with E-state index in [-0.39, 0.29) is 98.3 Å². The van der Waals surface area contributed by atoms with Crippen LogP contribution in [0.4, 0.5) is 0 Å². The van der Waals surface area contributed by atoms with Crippen LogP contribution in [0, 0.1) is 0 Å². The van der Waals surface area contributed by atoms with Gasteiger partial charge < -0.3 is 25.1 Å². The minimum atomic E-state index is -3.61. The van der Waals surface area contributed by atoms with E-state index in [0.717, 1.165) is 153 Å². The van der Waals surface area contributed by atoms with Crippen molar-refractivity contribution in [3.63, 3.8) is 0 Å². The number of esters is 3. The molecule has 3 N–H and O–H groups in total. The van der Waals surface area contributed by atoms with E-state index in [4.69, 9.17) is 24.1 Å². The highest BCUT2D eigenvalue weighted by Gasteiger charge is 2.39. The van der Waals surface area contributed by atoms with E-state index in [2.05, 4.69) is 0 Å². The van der Waals surface area contributed by atoms with Crippen molar-refractivity contribution in [1.82, 2.24) is 0 Å². The zero-order chi connectivity index (χ0) is 103. The number of nitrogens with two attached hydrogens (primary N) is 1. The molecule has 0 heterocycles. The number of ketones is 1. The van der Waals surface area contributed by atoms with E-state index < -0.39 is 80.7 Å². The zero-order valence-corrected chi connectivity index (χ0v) is 86.7. The highest BCUT2D eigenvalue weighted by molar-refractivity contribution is 7.93. The van der Waals surface area contributed by atoms with E-state index in [1.807, 2.05) is 30.3 Å². The van der Waals surface area contributed by atoms with Gasteiger partial charge in [-0.2, -0.15) is 8.42 Å². The number of allylic oxidation sites excluding steroid dienone is 1. The average Bonchev–Trinajstić information content (AvgIpc) is 0.759. The topological polar surface area (TPSA) is 390 Å². The van der Waals surface area contributed by atoms with Crippen molar-refractivity contribution in [3.8, 4) is 0 Å². The maximum absolute atomic E-state index is 12.8. The molecule has 0 saturated heterocycles. The molecule has 0 spiro atoms. The Hall–Kier alpha value is -12.0. The molecule has 31 heteroatoms. The van der Waals surface area contributed by atoms with Crippen molar-refractivity contribution in [1.29, 1.82) is 0 Å². The lowest BCUT2D eigenvalue weighted by molar-refractivity contribution is -0.150. The van der Waals surface area contributed by atoms with Gasteiger partial charge in [0, 0.05) is 18.1 Å². The van der Waals surface area contributed by atoms with Gasteiger partial charge in [0.05, 0.1) is 104 Å². The minimum Gasteiger partial charge on any atom is -0.466 e. The Balaban J connectivity index is 0.000000167. The van der Waals surface area contributed by atoms with Crippen LogP contribution in [0.5, 0.6) is 0 Å². The molecule has 6 aliphatic carbocycles. The van der Waals surface area contributed by atoms with E-state index >= 15 is 0 Å². The standard InChI is InChI=1S/C20H22O5S.C20H22O4S.C20H20O4S.C19H22O5S2.C18H21NO2S.C16H14O3S.2CH4/c1-2-25-19(21)14-20(22)12-6-7-15-13-17(10-11-18(15)20)26(23,24)16-8-4-3-5-9-16;2*1-2-24-20(21)14-16-8-6-7-15-13-18(11-12-19(15)16)25(22,23)17-9-4-3-5-10-17;1-25(20,21)24-13-12-15-6-5-7-16-14-18(10-11-19(15)16)26(22,23)17-8-3-2-4-9-17;19-12-11-14-5-4-6-15-13-17(9-10-18(14)15)22(20,21)16-7-2-1-3-8-16;17-16-8-4-5-12-11-14(9-10-15(12)16)20(18,19)13-6-2-1-3-7-13;;/h3-5,8-11,13,22H,2,6-7,12,14H2,1H3;3-5,9-13,16H,2,6-8,14H2,1H3;3-5,9-14H,2,6-8H2,1H3;2-4,8-11,14-15H,5-7,12-13H2,1H3;1-3,7-10,13-14H,4-6,11-12,19H2;1-3,6-7,9-11H,4-5,8H2;2*1H4/b;;16-14+;;;;;. The van der Waals surface area contributed by atoms with Gasteiger partial charge in [0.2, 0.25) is 59.0 Å². The first kappa shape index (κ1) is 114. The molecule has 6 aliphatic rings. The molecule has 18 rings (SSSR count). The van der Waals surface area contributed by atoms with Gasteiger partial charge in [0.15, 0.2) is 5.78 Å². The Morgan fingerprint density at radius 3 is 1.05 bits per heavy atom. The Labute approximate surface area is 861 Å². The number of hydrogen-bond acceptors (Lipinski definition) is 24. The summed E-state index contributed by atoms with van der Waals surface area (Å²) in [5, 5.41) is 11.0. The summed E-state index contributed by atoms with van der Waals surface area (Å²) in [7, 11) is -24.6. The number of aliphatic hydroxyl groups is 1. The second-order valence-electron chi connectivity index (χ2n) is 36.0. The molecule has 24 nitrogen and oxygen atoms in total. The summed E-state index contributed by atoms with van der Waals surface area (Å²) in [6.45, 7) is 7.09. The lowest BCUT2D eigenvalue weighted by atomic mass is 9.77. The molecular formula is C115H129NO23S7. The Bertz CT molecular complexity index is 7470. The number of ether oxygens (including phenoxy) is 3. The van der Waals surface area contributed by atoms with Crippen LogP contribution >= 0.6 is 0 Å². The molecule has 0 bridgehead atoms. The number of Topliss-reactive ketones (excluding diaryl/α,β-unsaturated/α-hetero) is 1. The van der Waals surface area contributed by atoms with Crippen molar-refractivity contribution in [3.05, 3.63) is 364 Å². The number of carbonyl (C=O) groups excluding carboxylic acids is 4. The third-order valence-corrected chi connectivity index (χ3v) is 37.5. The molecule has 0 aromatic heterocycles. The van der Waals surface area contributed by atoms with E-state index in [9.17, 15) is 83.2 Å². The molecule has 0 saturated carbocycles. The predicted molar refractivity (Wildman–Crippen MR) is 564 cm³/mol. The lowest BCUT2D eigenvalue weighted by Crippen LogP contribution is -2.34. The summed E-state index contributed by atoms with van der Waals surface area (Å²) >= 11 is 0. The monoisotopic (exact) mass is 2120 g/mol. The molecule has 0 radical (unpaired) electrons. The van der Waals surface area contributed by atoms with Crippen LogP contribution in [0.1, 0.15) is 228 Å². The van der Waals surface area contributed by atoms with Gasteiger partial charge in [-0.1, -0.05) is 154 Å². The summed E-state index contributed by atoms with van der Waals surface area (Å²) in [4.78, 5) is 50.7. The van der Waals surface area contributed by atoms with Crippen LogP contribution in [0.15, 0.2) is 356 Å². The maximum atomic E-state index is 12.8. The highest BCUT2D eigenvalue weighted by atomic mass is 32.2. The van der Waals surface area contributed by atoms with E-state index in [1.165, 1.54) is 29.3 Å². The fourth-order valence-corrected chi connectivity index (χ4v) is 27.6. The Kier molecular flexibility index (Phi) is 40.4. The molecule has 0 aliphatic heterocycles. The summed E-state index contributed by atoms with van der Waals surface area (Å²) < 4.78 is 195. The fourth-order valence-electron chi connectivity index (χ4n) is 19.2. The molecule has 0 amide bonds. The van der Waals surface area contributed by atoms with Gasteiger partial charge >= 0.3 is 17.9 Å². The second kappa shape index (κ2) is 51.6. The van der Waals surface area contributed by atoms with Crippen molar-refractivity contribution in [2.24, 2.45) is 5.73 Å². The Morgan fingerprint density at radius 1 is 0.349 bits per heavy atom. The van der Waals surface area contributed by atoms with Gasteiger partial charge in [-0.05, 0) is 385 Å². The second-order valence-corrected chi connectivity index (χ2v) is 49.4. The fraction of sp³-hybridized carbons (Fsp3) is 0.322. The number of benzene rings is 12. The lowest BCUT2D eigenvalue weighted by Gasteiger charge is -2.34. The average molecular weight is 2120 g/mol. The zero-order valence-electron chi connectivity index (χ0n) is 81.0. The molecule has 12 aromatic carbocycles. The smallest absolute Gasteiger partial charge is 0.331 e.